The molecular formula is C25H22N2O5. The summed E-state index contributed by atoms with van der Waals surface area (Å²) in [5.41, 5.74) is 3.88. The zero-order chi connectivity index (χ0) is 23.0. The van der Waals surface area contributed by atoms with Crippen LogP contribution < -0.4 is 0 Å². The van der Waals surface area contributed by atoms with Gasteiger partial charge in [0.15, 0.2) is 6.61 Å². The van der Waals surface area contributed by atoms with Gasteiger partial charge in [-0.3, -0.25) is 19.3 Å². The Balaban J connectivity index is 1.43. The lowest BCUT2D eigenvalue weighted by Gasteiger charge is -2.14. The van der Waals surface area contributed by atoms with E-state index in [-0.39, 0.29) is 36.3 Å². The number of hydrogen-bond acceptors (Lipinski definition) is 5. The highest BCUT2D eigenvalue weighted by atomic mass is 16.5. The number of benzene rings is 2. The molecule has 7 heteroatoms. The zero-order valence-corrected chi connectivity index (χ0v) is 18.0. The molecule has 0 fully saturated rings. The van der Waals surface area contributed by atoms with E-state index >= 15 is 0 Å². The number of fused-ring (bicyclic) bond motifs is 1. The first-order valence-corrected chi connectivity index (χ1v) is 10.2. The van der Waals surface area contributed by atoms with Gasteiger partial charge in [0.1, 0.15) is 0 Å². The van der Waals surface area contributed by atoms with Crippen LogP contribution in [0.15, 0.2) is 54.6 Å². The number of carbonyl (C=O) groups excluding carboxylic acids is 4. The van der Waals surface area contributed by atoms with E-state index in [1.54, 1.807) is 54.6 Å². The van der Waals surface area contributed by atoms with Crippen LogP contribution in [0.1, 0.15) is 58.4 Å². The number of Topliss-reactive ketones (excluding diaryl/α,β-unsaturated/α-hetero) is 1. The minimum Gasteiger partial charge on any atom is -0.454 e. The highest BCUT2D eigenvalue weighted by Gasteiger charge is 2.35. The van der Waals surface area contributed by atoms with Crippen LogP contribution in [0.5, 0.6) is 0 Å². The van der Waals surface area contributed by atoms with Crippen molar-refractivity contribution in [3.63, 3.8) is 0 Å². The Kier molecular flexibility index (Phi) is 5.48. The predicted molar refractivity (Wildman–Crippen MR) is 117 cm³/mol. The van der Waals surface area contributed by atoms with Gasteiger partial charge in [0.2, 0.25) is 5.78 Å². The monoisotopic (exact) mass is 430 g/mol. The molecule has 2 heterocycles. The van der Waals surface area contributed by atoms with Gasteiger partial charge in [-0.1, -0.05) is 24.3 Å². The molecule has 0 N–H and O–H groups in total. The lowest BCUT2D eigenvalue weighted by atomic mass is 10.1. The van der Waals surface area contributed by atoms with Crippen LogP contribution in [0.3, 0.4) is 0 Å². The van der Waals surface area contributed by atoms with Gasteiger partial charge in [-0.05, 0) is 49.7 Å². The molecule has 2 amide bonds. The number of ether oxygens (including phenoxy) is 1. The summed E-state index contributed by atoms with van der Waals surface area (Å²) in [6, 6.07) is 14.9. The molecule has 0 unspecified atom stereocenters. The molecule has 0 spiro atoms. The molecule has 0 saturated heterocycles. The van der Waals surface area contributed by atoms with Crippen molar-refractivity contribution < 1.29 is 23.9 Å². The van der Waals surface area contributed by atoms with Gasteiger partial charge in [0, 0.05) is 24.0 Å². The Bertz CT molecular complexity index is 1240. The van der Waals surface area contributed by atoms with Gasteiger partial charge in [-0.25, -0.2) is 4.79 Å². The molecular weight excluding hydrogens is 408 g/mol. The van der Waals surface area contributed by atoms with Crippen LogP contribution in [-0.4, -0.2) is 39.6 Å². The topological polar surface area (TPSA) is 85.7 Å². The first kappa shape index (κ1) is 21.2. The van der Waals surface area contributed by atoms with Crippen molar-refractivity contribution >= 4 is 23.6 Å². The van der Waals surface area contributed by atoms with Crippen molar-refractivity contribution in [2.45, 2.75) is 20.4 Å². The fraction of sp³-hybridized carbons (Fsp3) is 0.200. The number of aromatic nitrogens is 1. The summed E-state index contributed by atoms with van der Waals surface area (Å²) in [6.45, 7) is 3.40. The normalized spacial score (nSPS) is 12.8. The highest BCUT2D eigenvalue weighted by molar-refractivity contribution is 6.21. The minimum atomic E-state index is -0.645. The molecule has 1 aromatic heterocycles. The maximum atomic E-state index is 12.6. The summed E-state index contributed by atoms with van der Waals surface area (Å²) in [7, 11) is 1.87. The first-order chi connectivity index (χ1) is 15.3. The number of aryl methyl sites for hydroxylation is 1. The summed E-state index contributed by atoms with van der Waals surface area (Å²) < 4.78 is 7.12. The number of esters is 1. The Hall–Kier alpha value is -4.00. The average molecular weight is 430 g/mol. The second-order valence-electron chi connectivity index (χ2n) is 7.79. The van der Waals surface area contributed by atoms with Crippen molar-refractivity contribution in [1.29, 1.82) is 0 Å². The molecule has 2 aromatic carbocycles. The SMILES string of the molecule is Cc1cc(C(=O)COC(=O)c2cccc(CN3C(=O)c4ccccc4C3=O)c2)c(C)n1C. The van der Waals surface area contributed by atoms with E-state index < -0.39 is 5.97 Å². The number of amides is 2. The fourth-order valence-corrected chi connectivity index (χ4v) is 3.79. The van der Waals surface area contributed by atoms with E-state index in [0.29, 0.717) is 22.3 Å². The Labute approximate surface area is 185 Å². The molecule has 0 atom stereocenters. The van der Waals surface area contributed by atoms with E-state index in [2.05, 4.69) is 0 Å². The second kappa shape index (κ2) is 8.26. The maximum absolute atomic E-state index is 12.6. The van der Waals surface area contributed by atoms with E-state index in [9.17, 15) is 19.2 Å². The molecule has 0 radical (unpaired) electrons. The van der Waals surface area contributed by atoms with Crippen LogP contribution in [0.25, 0.3) is 0 Å². The third-order valence-electron chi connectivity index (χ3n) is 5.79. The molecule has 0 bridgehead atoms. The Morgan fingerprint density at radius 1 is 0.906 bits per heavy atom. The molecule has 0 saturated carbocycles. The van der Waals surface area contributed by atoms with Crippen molar-refractivity contribution in [3.8, 4) is 0 Å². The van der Waals surface area contributed by atoms with Gasteiger partial charge in [-0.2, -0.15) is 0 Å². The number of carbonyl (C=O) groups is 4. The first-order valence-electron chi connectivity index (χ1n) is 10.2. The van der Waals surface area contributed by atoms with Crippen LogP contribution in [0.2, 0.25) is 0 Å². The molecule has 162 valence electrons. The van der Waals surface area contributed by atoms with Gasteiger partial charge in [0.05, 0.1) is 23.2 Å². The van der Waals surface area contributed by atoms with E-state index in [0.717, 1.165) is 16.3 Å². The van der Waals surface area contributed by atoms with Crippen LogP contribution in [0.4, 0.5) is 0 Å². The van der Waals surface area contributed by atoms with Crippen LogP contribution >= 0.6 is 0 Å². The third-order valence-corrected chi connectivity index (χ3v) is 5.79. The highest BCUT2D eigenvalue weighted by Crippen LogP contribution is 2.24. The lowest BCUT2D eigenvalue weighted by molar-refractivity contribution is 0.0474. The molecule has 4 rings (SSSR count). The van der Waals surface area contributed by atoms with Crippen molar-refractivity contribution in [1.82, 2.24) is 9.47 Å². The number of ketones is 1. The summed E-state index contributed by atoms with van der Waals surface area (Å²) in [4.78, 5) is 51.3. The quantitative estimate of drug-likeness (QED) is 0.340. The molecule has 7 nitrogen and oxygen atoms in total. The third kappa shape index (κ3) is 3.73. The second-order valence-corrected chi connectivity index (χ2v) is 7.79. The van der Waals surface area contributed by atoms with Gasteiger partial charge >= 0.3 is 5.97 Å². The molecule has 0 aliphatic carbocycles. The molecule has 1 aliphatic rings. The number of nitrogens with zero attached hydrogens (tertiary/aromatic N) is 2. The van der Waals surface area contributed by atoms with Crippen LogP contribution in [0, 0.1) is 13.8 Å². The zero-order valence-electron chi connectivity index (χ0n) is 18.0. The summed E-state index contributed by atoms with van der Waals surface area (Å²) in [5.74, 6) is -1.65. The van der Waals surface area contributed by atoms with Crippen molar-refractivity contribution in [2.24, 2.45) is 7.05 Å². The number of imide groups is 1. The molecule has 32 heavy (non-hydrogen) atoms. The standard InChI is InChI=1S/C25H22N2O5/c1-15-11-21(16(2)26(15)3)22(28)14-32-25(31)18-8-6-7-17(12-18)13-27-23(29)19-9-4-5-10-20(19)24(27)30/h4-12H,13-14H2,1-3H3. The maximum Gasteiger partial charge on any atom is 0.338 e. The Morgan fingerprint density at radius 2 is 1.56 bits per heavy atom. The number of rotatable bonds is 6. The molecule has 1 aliphatic heterocycles. The Morgan fingerprint density at radius 3 is 2.16 bits per heavy atom. The molecule has 3 aromatic rings. The largest absolute Gasteiger partial charge is 0.454 e. The number of hydrogen-bond donors (Lipinski definition) is 0. The van der Waals surface area contributed by atoms with E-state index in [4.69, 9.17) is 4.74 Å². The van der Waals surface area contributed by atoms with E-state index in [1.165, 1.54) is 0 Å². The van der Waals surface area contributed by atoms with E-state index in [1.807, 2.05) is 25.5 Å². The summed E-state index contributed by atoms with van der Waals surface area (Å²) in [6.07, 6.45) is 0. The van der Waals surface area contributed by atoms with Gasteiger partial charge < -0.3 is 9.30 Å². The summed E-state index contributed by atoms with van der Waals surface area (Å²) >= 11 is 0. The van der Waals surface area contributed by atoms with Gasteiger partial charge in [-0.15, -0.1) is 0 Å². The average Bonchev–Trinajstić information content (AvgIpc) is 3.20. The minimum absolute atomic E-state index is 0.0366. The fourth-order valence-electron chi connectivity index (χ4n) is 3.79. The van der Waals surface area contributed by atoms with Crippen molar-refractivity contribution in [3.05, 3.63) is 93.8 Å². The van der Waals surface area contributed by atoms with Crippen molar-refractivity contribution in [2.75, 3.05) is 6.61 Å². The summed E-state index contributed by atoms with van der Waals surface area (Å²) in [5, 5.41) is 0. The predicted octanol–water partition coefficient (Wildman–Crippen LogP) is 3.48. The van der Waals surface area contributed by atoms with Crippen LogP contribution in [-0.2, 0) is 18.3 Å². The lowest BCUT2D eigenvalue weighted by Crippen LogP contribution is -2.29. The van der Waals surface area contributed by atoms with Gasteiger partial charge in [0.25, 0.3) is 11.8 Å². The smallest absolute Gasteiger partial charge is 0.338 e.